The molecule has 1 heterocycles. The molecule has 2 aromatic rings. The van der Waals surface area contributed by atoms with Crippen LogP contribution in [0.1, 0.15) is 21.7 Å². The third-order valence-corrected chi connectivity index (χ3v) is 2.67. The van der Waals surface area contributed by atoms with Crippen LogP contribution in [0.2, 0.25) is 0 Å². The van der Waals surface area contributed by atoms with Gasteiger partial charge in [0.25, 0.3) is 0 Å². The molecule has 0 aliphatic carbocycles. The third kappa shape index (κ3) is 3.07. The van der Waals surface area contributed by atoms with Crippen LogP contribution in [0.25, 0.3) is 0 Å². The molecule has 0 radical (unpaired) electrons. The molecule has 0 fully saturated rings. The van der Waals surface area contributed by atoms with Gasteiger partial charge in [0.1, 0.15) is 5.75 Å². The third-order valence-electron chi connectivity index (χ3n) is 2.67. The summed E-state index contributed by atoms with van der Waals surface area (Å²) >= 11 is 0. The molecule has 0 N–H and O–H groups in total. The number of rotatable bonds is 3. The average molecular weight is 258 g/mol. The van der Waals surface area contributed by atoms with E-state index in [2.05, 4.69) is 14.7 Å². The van der Waals surface area contributed by atoms with E-state index in [1.165, 1.54) is 7.11 Å². The fourth-order valence-electron chi connectivity index (χ4n) is 1.47. The molecular weight excluding hydrogens is 244 g/mol. The predicted octanol–water partition coefficient (Wildman–Crippen LogP) is 2.67. The number of benzene rings is 1. The molecule has 0 unspecified atom stereocenters. The lowest BCUT2D eigenvalue weighted by atomic mass is 10.2. The van der Waals surface area contributed by atoms with Gasteiger partial charge >= 0.3 is 5.97 Å². The topological polar surface area (TPSA) is 61.3 Å². The zero-order valence-corrected chi connectivity index (χ0v) is 11.0. The van der Waals surface area contributed by atoms with Crippen LogP contribution in [-0.4, -0.2) is 23.0 Å². The van der Waals surface area contributed by atoms with Gasteiger partial charge in [-0.2, -0.15) is 0 Å². The van der Waals surface area contributed by atoms with Crippen molar-refractivity contribution in [3.8, 4) is 11.6 Å². The number of ether oxygens (including phenoxy) is 2. The fraction of sp³-hybridized carbons (Fsp3) is 0.214. The summed E-state index contributed by atoms with van der Waals surface area (Å²) in [6, 6.07) is 6.64. The Labute approximate surface area is 111 Å². The molecule has 1 aromatic carbocycles. The zero-order chi connectivity index (χ0) is 13.8. The number of aryl methyl sites for hydroxylation is 2. The maximum absolute atomic E-state index is 11.3. The summed E-state index contributed by atoms with van der Waals surface area (Å²) in [5.74, 6) is 0.636. The number of carbonyl (C=O) groups is 1. The predicted molar refractivity (Wildman–Crippen MR) is 69.4 cm³/mol. The molecule has 5 nitrogen and oxygen atoms in total. The maximum Gasteiger partial charge on any atom is 0.337 e. The van der Waals surface area contributed by atoms with Crippen LogP contribution >= 0.6 is 0 Å². The zero-order valence-electron chi connectivity index (χ0n) is 11.0. The number of aromatic nitrogens is 2. The number of nitrogens with zero attached hydrogens (tertiary/aromatic N) is 2. The Hall–Kier alpha value is -2.43. The first-order chi connectivity index (χ1) is 9.10. The number of methoxy groups -OCH3 is 1. The molecule has 19 heavy (non-hydrogen) atoms. The van der Waals surface area contributed by atoms with Crippen LogP contribution in [0, 0.1) is 13.8 Å². The highest BCUT2D eigenvalue weighted by Gasteiger charge is 2.06. The summed E-state index contributed by atoms with van der Waals surface area (Å²) in [4.78, 5) is 19.7. The largest absolute Gasteiger partial charge is 0.465 e. The second-order valence-corrected chi connectivity index (χ2v) is 4.00. The van der Waals surface area contributed by atoms with E-state index in [-0.39, 0.29) is 5.97 Å². The van der Waals surface area contributed by atoms with Crippen LogP contribution in [0.5, 0.6) is 11.6 Å². The maximum atomic E-state index is 11.3. The van der Waals surface area contributed by atoms with Crippen LogP contribution in [0.15, 0.2) is 30.5 Å². The molecule has 98 valence electrons. The van der Waals surface area contributed by atoms with Gasteiger partial charge in [-0.1, -0.05) is 0 Å². The van der Waals surface area contributed by atoms with Crippen molar-refractivity contribution in [2.24, 2.45) is 0 Å². The van der Waals surface area contributed by atoms with Gasteiger partial charge in [-0.3, -0.25) is 4.98 Å². The Morgan fingerprint density at radius 2 is 1.79 bits per heavy atom. The van der Waals surface area contributed by atoms with Crippen molar-refractivity contribution >= 4 is 5.97 Å². The molecule has 0 saturated carbocycles. The smallest absolute Gasteiger partial charge is 0.337 e. The second kappa shape index (κ2) is 5.48. The van der Waals surface area contributed by atoms with Gasteiger partial charge in [-0.25, -0.2) is 9.78 Å². The minimum atomic E-state index is -0.377. The molecule has 0 spiro atoms. The molecule has 1 aromatic heterocycles. The van der Waals surface area contributed by atoms with Crippen LogP contribution in [-0.2, 0) is 4.74 Å². The summed E-state index contributed by atoms with van der Waals surface area (Å²) in [6.45, 7) is 3.76. The van der Waals surface area contributed by atoms with E-state index in [1.54, 1.807) is 30.5 Å². The standard InChI is InChI=1S/C14H14N2O3/c1-9-10(2)16-13(8-15-9)19-12-6-4-11(5-7-12)14(17)18-3/h4-8H,1-3H3. The average Bonchev–Trinajstić information content (AvgIpc) is 2.43. The van der Waals surface area contributed by atoms with Gasteiger partial charge in [0.05, 0.1) is 30.3 Å². The van der Waals surface area contributed by atoms with Crippen molar-refractivity contribution < 1.29 is 14.3 Å². The fourth-order valence-corrected chi connectivity index (χ4v) is 1.47. The van der Waals surface area contributed by atoms with Crippen LogP contribution < -0.4 is 4.74 Å². The van der Waals surface area contributed by atoms with Crippen molar-refractivity contribution in [1.82, 2.24) is 9.97 Å². The molecule has 5 heteroatoms. The minimum Gasteiger partial charge on any atom is -0.465 e. The summed E-state index contributed by atoms with van der Waals surface area (Å²) in [7, 11) is 1.34. The van der Waals surface area contributed by atoms with Gasteiger partial charge in [-0.15, -0.1) is 0 Å². The van der Waals surface area contributed by atoms with Gasteiger partial charge < -0.3 is 9.47 Å². The normalized spacial score (nSPS) is 10.1. The van der Waals surface area contributed by atoms with Crippen molar-refractivity contribution in [3.63, 3.8) is 0 Å². The van der Waals surface area contributed by atoms with Crippen molar-refractivity contribution in [1.29, 1.82) is 0 Å². The monoisotopic (exact) mass is 258 g/mol. The van der Waals surface area contributed by atoms with E-state index < -0.39 is 0 Å². The Morgan fingerprint density at radius 3 is 2.37 bits per heavy atom. The van der Waals surface area contributed by atoms with Gasteiger partial charge in [0.2, 0.25) is 5.88 Å². The van der Waals surface area contributed by atoms with E-state index >= 15 is 0 Å². The van der Waals surface area contributed by atoms with E-state index in [1.807, 2.05) is 13.8 Å². The first kappa shape index (κ1) is 13.0. The Balaban J connectivity index is 2.15. The van der Waals surface area contributed by atoms with Crippen molar-refractivity contribution in [2.45, 2.75) is 13.8 Å². The lowest BCUT2D eigenvalue weighted by molar-refractivity contribution is 0.0600. The van der Waals surface area contributed by atoms with Gasteiger partial charge in [-0.05, 0) is 38.1 Å². The molecule has 0 atom stereocenters. The summed E-state index contributed by atoms with van der Waals surface area (Å²) in [5, 5.41) is 0. The first-order valence-corrected chi connectivity index (χ1v) is 5.76. The molecular formula is C14H14N2O3. The number of carbonyl (C=O) groups excluding carboxylic acids is 1. The Bertz CT molecular complexity index is 594. The lowest BCUT2D eigenvalue weighted by Gasteiger charge is -2.06. The number of esters is 1. The number of hydrogen-bond donors (Lipinski definition) is 0. The molecule has 0 amide bonds. The van der Waals surface area contributed by atoms with E-state index in [4.69, 9.17) is 4.74 Å². The highest BCUT2D eigenvalue weighted by Crippen LogP contribution is 2.20. The van der Waals surface area contributed by atoms with Gasteiger partial charge in [0, 0.05) is 0 Å². The molecule has 0 saturated heterocycles. The second-order valence-electron chi connectivity index (χ2n) is 4.00. The van der Waals surface area contributed by atoms with Crippen molar-refractivity contribution in [3.05, 3.63) is 47.4 Å². The highest BCUT2D eigenvalue weighted by molar-refractivity contribution is 5.89. The molecule has 0 aliphatic heterocycles. The van der Waals surface area contributed by atoms with Gasteiger partial charge in [0.15, 0.2) is 0 Å². The highest BCUT2D eigenvalue weighted by atomic mass is 16.5. The summed E-state index contributed by atoms with van der Waals surface area (Å²) in [6.07, 6.45) is 1.57. The summed E-state index contributed by atoms with van der Waals surface area (Å²) < 4.78 is 10.2. The Kier molecular flexibility index (Phi) is 3.75. The van der Waals surface area contributed by atoms with E-state index in [0.29, 0.717) is 17.2 Å². The number of hydrogen-bond acceptors (Lipinski definition) is 5. The quantitative estimate of drug-likeness (QED) is 0.792. The lowest BCUT2D eigenvalue weighted by Crippen LogP contribution is -2.00. The SMILES string of the molecule is COC(=O)c1ccc(Oc2cnc(C)c(C)n2)cc1. The van der Waals surface area contributed by atoms with Crippen LogP contribution in [0.4, 0.5) is 0 Å². The van der Waals surface area contributed by atoms with Crippen molar-refractivity contribution in [2.75, 3.05) is 7.11 Å². The van der Waals surface area contributed by atoms with Crippen LogP contribution in [0.3, 0.4) is 0 Å². The van der Waals surface area contributed by atoms with E-state index in [0.717, 1.165) is 11.4 Å². The molecule has 0 bridgehead atoms. The Morgan fingerprint density at radius 1 is 1.11 bits per heavy atom. The van der Waals surface area contributed by atoms with E-state index in [9.17, 15) is 4.79 Å². The first-order valence-electron chi connectivity index (χ1n) is 5.76. The summed E-state index contributed by atoms with van der Waals surface area (Å²) in [5.41, 5.74) is 2.16. The minimum absolute atomic E-state index is 0.377. The molecule has 2 rings (SSSR count). The molecule has 0 aliphatic rings.